The maximum Gasteiger partial charge on any atom is 0.317 e. The number of rotatable bonds is 6. The molecule has 1 heterocycles. The molecule has 1 aliphatic rings. The molecule has 1 aliphatic heterocycles. The van der Waals surface area contributed by atoms with Gasteiger partial charge in [-0.25, -0.2) is 4.79 Å². The van der Waals surface area contributed by atoms with Crippen molar-refractivity contribution in [1.29, 1.82) is 0 Å². The summed E-state index contributed by atoms with van der Waals surface area (Å²) >= 11 is 0. The predicted octanol–water partition coefficient (Wildman–Crippen LogP) is 0.903. The second-order valence-electron chi connectivity index (χ2n) is 4.05. The summed E-state index contributed by atoms with van der Waals surface area (Å²) in [6, 6.07) is 0.000402. The SMILES string of the molecule is CC(CCC(=O)O)CCN1CCNC1=O. The number of urea groups is 1. The Hall–Kier alpha value is -1.26. The minimum atomic E-state index is -0.749. The Morgan fingerprint density at radius 1 is 1.60 bits per heavy atom. The van der Waals surface area contributed by atoms with E-state index in [0.29, 0.717) is 12.3 Å². The average Bonchev–Trinajstić information content (AvgIpc) is 2.58. The third kappa shape index (κ3) is 4.18. The van der Waals surface area contributed by atoms with Crippen molar-refractivity contribution >= 4 is 12.0 Å². The lowest BCUT2D eigenvalue weighted by molar-refractivity contribution is -0.137. The smallest absolute Gasteiger partial charge is 0.317 e. The molecule has 2 amide bonds. The van der Waals surface area contributed by atoms with Crippen molar-refractivity contribution in [1.82, 2.24) is 10.2 Å². The first-order valence-corrected chi connectivity index (χ1v) is 5.34. The van der Waals surface area contributed by atoms with Crippen LogP contribution in [0.5, 0.6) is 0 Å². The molecule has 0 aliphatic carbocycles. The Morgan fingerprint density at radius 3 is 2.87 bits per heavy atom. The van der Waals surface area contributed by atoms with Gasteiger partial charge in [0.2, 0.25) is 0 Å². The number of amides is 2. The standard InChI is InChI=1S/C10H18N2O3/c1-8(2-3-9(13)14)4-6-12-7-5-11-10(12)15/h8H,2-7H2,1H3,(H,11,15)(H,13,14). The van der Waals surface area contributed by atoms with Crippen LogP contribution in [0.1, 0.15) is 26.2 Å². The minimum absolute atomic E-state index is 0.000402. The largest absolute Gasteiger partial charge is 0.481 e. The van der Waals surface area contributed by atoms with E-state index < -0.39 is 5.97 Å². The van der Waals surface area contributed by atoms with Gasteiger partial charge in [0.25, 0.3) is 0 Å². The molecule has 1 atom stereocenters. The number of aliphatic carboxylic acids is 1. The zero-order valence-corrected chi connectivity index (χ0v) is 9.03. The van der Waals surface area contributed by atoms with Crippen LogP contribution in [0, 0.1) is 5.92 Å². The van der Waals surface area contributed by atoms with Gasteiger partial charge in [0.05, 0.1) is 0 Å². The molecule has 1 saturated heterocycles. The van der Waals surface area contributed by atoms with Gasteiger partial charge in [-0.15, -0.1) is 0 Å². The van der Waals surface area contributed by atoms with Crippen LogP contribution in [0.3, 0.4) is 0 Å². The zero-order valence-electron chi connectivity index (χ0n) is 9.03. The normalized spacial score (nSPS) is 17.7. The highest BCUT2D eigenvalue weighted by Crippen LogP contribution is 2.11. The van der Waals surface area contributed by atoms with E-state index in [1.165, 1.54) is 0 Å². The summed E-state index contributed by atoms with van der Waals surface area (Å²) in [6.45, 7) is 4.25. The molecule has 0 spiro atoms. The highest BCUT2D eigenvalue weighted by Gasteiger charge is 2.19. The van der Waals surface area contributed by atoms with Crippen molar-refractivity contribution in [2.24, 2.45) is 5.92 Å². The highest BCUT2D eigenvalue weighted by molar-refractivity contribution is 5.76. The van der Waals surface area contributed by atoms with E-state index in [9.17, 15) is 9.59 Å². The predicted molar refractivity (Wildman–Crippen MR) is 55.6 cm³/mol. The van der Waals surface area contributed by atoms with Crippen LogP contribution >= 0.6 is 0 Å². The summed E-state index contributed by atoms with van der Waals surface area (Å²) in [4.78, 5) is 23.3. The van der Waals surface area contributed by atoms with Crippen LogP contribution in [0.25, 0.3) is 0 Å². The van der Waals surface area contributed by atoms with Gasteiger partial charge in [-0.3, -0.25) is 4.79 Å². The maximum atomic E-state index is 11.2. The Bertz CT molecular complexity index is 243. The quantitative estimate of drug-likeness (QED) is 0.690. The van der Waals surface area contributed by atoms with E-state index >= 15 is 0 Å². The third-order valence-electron chi connectivity index (χ3n) is 2.69. The Morgan fingerprint density at radius 2 is 2.33 bits per heavy atom. The number of carboxylic acids is 1. The van der Waals surface area contributed by atoms with Crippen molar-refractivity contribution in [3.63, 3.8) is 0 Å². The molecule has 0 saturated carbocycles. The topological polar surface area (TPSA) is 69.6 Å². The first-order valence-electron chi connectivity index (χ1n) is 5.34. The summed E-state index contributed by atoms with van der Waals surface area (Å²) in [5.74, 6) is -0.393. The molecular weight excluding hydrogens is 196 g/mol. The monoisotopic (exact) mass is 214 g/mol. The number of hydrogen-bond acceptors (Lipinski definition) is 2. The summed E-state index contributed by atoms with van der Waals surface area (Å²) in [7, 11) is 0. The van der Waals surface area contributed by atoms with E-state index in [1.807, 2.05) is 6.92 Å². The maximum absolute atomic E-state index is 11.2. The van der Waals surface area contributed by atoms with E-state index in [0.717, 1.165) is 26.1 Å². The molecule has 0 aromatic heterocycles. The van der Waals surface area contributed by atoms with E-state index in [-0.39, 0.29) is 12.5 Å². The van der Waals surface area contributed by atoms with Gasteiger partial charge in [0.15, 0.2) is 0 Å². The van der Waals surface area contributed by atoms with Gasteiger partial charge in [-0.05, 0) is 18.8 Å². The van der Waals surface area contributed by atoms with Crippen molar-refractivity contribution in [2.75, 3.05) is 19.6 Å². The van der Waals surface area contributed by atoms with Crippen LogP contribution in [0.2, 0.25) is 0 Å². The number of carbonyl (C=O) groups is 2. The van der Waals surface area contributed by atoms with E-state index in [2.05, 4.69) is 5.32 Å². The van der Waals surface area contributed by atoms with Gasteiger partial charge < -0.3 is 15.3 Å². The van der Waals surface area contributed by atoms with Crippen LogP contribution in [-0.2, 0) is 4.79 Å². The molecule has 0 radical (unpaired) electrons. The average molecular weight is 214 g/mol. The second-order valence-corrected chi connectivity index (χ2v) is 4.05. The molecule has 2 N–H and O–H groups in total. The minimum Gasteiger partial charge on any atom is -0.481 e. The molecular formula is C10H18N2O3. The number of hydrogen-bond donors (Lipinski definition) is 2. The highest BCUT2D eigenvalue weighted by atomic mass is 16.4. The molecule has 86 valence electrons. The lowest BCUT2D eigenvalue weighted by atomic mass is 10.0. The molecule has 0 aromatic carbocycles. The molecule has 5 heteroatoms. The number of nitrogens with one attached hydrogen (secondary N) is 1. The first kappa shape index (κ1) is 11.8. The van der Waals surface area contributed by atoms with Gasteiger partial charge >= 0.3 is 12.0 Å². The fraction of sp³-hybridized carbons (Fsp3) is 0.800. The van der Waals surface area contributed by atoms with Gasteiger partial charge in [0, 0.05) is 26.1 Å². The Labute approximate surface area is 89.4 Å². The Kier molecular flexibility index (Phi) is 4.39. The molecule has 1 unspecified atom stereocenters. The molecule has 15 heavy (non-hydrogen) atoms. The van der Waals surface area contributed by atoms with Crippen molar-refractivity contribution in [2.45, 2.75) is 26.2 Å². The van der Waals surface area contributed by atoms with Gasteiger partial charge in [-0.2, -0.15) is 0 Å². The van der Waals surface area contributed by atoms with Gasteiger partial charge in [0.1, 0.15) is 0 Å². The number of nitrogens with zero attached hydrogens (tertiary/aromatic N) is 1. The molecule has 0 bridgehead atoms. The number of carbonyl (C=O) groups excluding carboxylic acids is 1. The van der Waals surface area contributed by atoms with Gasteiger partial charge in [-0.1, -0.05) is 6.92 Å². The summed E-state index contributed by atoms with van der Waals surface area (Å²) < 4.78 is 0. The van der Waals surface area contributed by atoms with Crippen LogP contribution in [-0.4, -0.2) is 41.6 Å². The van der Waals surface area contributed by atoms with Crippen molar-refractivity contribution in [3.8, 4) is 0 Å². The van der Waals surface area contributed by atoms with Crippen LogP contribution in [0.15, 0.2) is 0 Å². The summed E-state index contributed by atoms with van der Waals surface area (Å²) in [5, 5.41) is 11.2. The first-order chi connectivity index (χ1) is 7.09. The fourth-order valence-corrected chi connectivity index (χ4v) is 1.61. The third-order valence-corrected chi connectivity index (χ3v) is 2.69. The fourth-order valence-electron chi connectivity index (χ4n) is 1.61. The molecule has 1 rings (SSSR count). The number of carboxylic acid groups (broad SMARTS) is 1. The van der Waals surface area contributed by atoms with Crippen molar-refractivity contribution in [3.05, 3.63) is 0 Å². The summed E-state index contributed by atoms with van der Waals surface area (Å²) in [6.07, 6.45) is 1.78. The Balaban J connectivity index is 2.13. The van der Waals surface area contributed by atoms with Crippen LogP contribution < -0.4 is 5.32 Å². The zero-order chi connectivity index (χ0) is 11.3. The van der Waals surface area contributed by atoms with Crippen LogP contribution in [0.4, 0.5) is 4.79 Å². The lowest BCUT2D eigenvalue weighted by Crippen LogP contribution is -2.29. The molecule has 5 nitrogen and oxygen atoms in total. The molecule has 1 fully saturated rings. The van der Waals surface area contributed by atoms with Crippen molar-refractivity contribution < 1.29 is 14.7 Å². The van der Waals surface area contributed by atoms with E-state index in [1.54, 1.807) is 4.90 Å². The summed E-state index contributed by atoms with van der Waals surface area (Å²) in [5.41, 5.74) is 0. The lowest BCUT2D eigenvalue weighted by Gasteiger charge is -2.16. The second kappa shape index (κ2) is 5.58. The van der Waals surface area contributed by atoms with E-state index in [4.69, 9.17) is 5.11 Å². The molecule has 0 aromatic rings.